The molecule has 6 nitrogen and oxygen atoms in total. The second kappa shape index (κ2) is 5.24. The molecule has 0 unspecified atom stereocenters. The summed E-state index contributed by atoms with van der Waals surface area (Å²) in [6.45, 7) is 0.393. The summed E-state index contributed by atoms with van der Waals surface area (Å²) in [5.74, 6) is 0.709. The molecular weight excluding hydrogens is 279 g/mol. The lowest BCUT2D eigenvalue weighted by atomic mass is 10.2. The van der Waals surface area contributed by atoms with Crippen LogP contribution in [0.2, 0.25) is 10.0 Å². The minimum Gasteiger partial charge on any atom is -0.375 e. The number of nitro benzene ring substituents is 1. The van der Waals surface area contributed by atoms with Crippen LogP contribution in [0.25, 0.3) is 0 Å². The highest BCUT2D eigenvalue weighted by atomic mass is 35.5. The predicted octanol–water partition coefficient (Wildman–Crippen LogP) is 3.24. The van der Waals surface area contributed by atoms with Gasteiger partial charge in [-0.25, -0.2) is 4.98 Å². The molecule has 94 valence electrons. The third kappa shape index (κ3) is 2.72. The van der Waals surface area contributed by atoms with Crippen molar-refractivity contribution >= 4 is 34.6 Å². The molecule has 1 aromatic carbocycles. The van der Waals surface area contributed by atoms with Gasteiger partial charge in [-0.3, -0.25) is 10.1 Å². The third-order valence-electron chi connectivity index (χ3n) is 2.23. The molecule has 2 aromatic rings. The SMILES string of the molecule is O=[N+]([O-])c1cc(Cl)c(NCc2ncc[nH]2)c(Cl)c1. The van der Waals surface area contributed by atoms with E-state index in [2.05, 4.69) is 15.3 Å². The maximum absolute atomic E-state index is 10.6. The smallest absolute Gasteiger partial charge is 0.272 e. The monoisotopic (exact) mass is 286 g/mol. The molecule has 0 bridgehead atoms. The van der Waals surface area contributed by atoms with Crippen LogP contribution in [-0.2, 0) is 6.54 Å². The van der Waals surface area contributed by atoms with Crippen molar-refractivity contribution in [2.24, 2.45) is 0 Å². The standard InChI is InChI=1S/C10H8Cl2N4O2/c11-7-3-6(16(17)18)4-8(12)10(7)15-5-9-13-1-2-14-9/h1-4,15H,5H2,(H,13,14). The topological polar surface area (TPSA) is 83.8 Å². The molecule has 2 rings (SSSR count). The van der Waals surface area contributed by atoms with Crippen LogP contribution in [0.4, 0.5) is 11.4 Å². The van der Waals surface area contributed by atoms with Crippen molar-refractivity contribution < 1.29 is 4.92 Å². The molecular formula is C10H8Cl2N4O2. The number of halogens is 2. The molecule has 18 heavy (non-hydrogen) atoms. The highest BCUT2D eigenvalue weighted by Crippen LogP contribution is 2.34. The fourth-order valence-electron chi connectivity index (χ4n) is 1.40. The van der Waals surface area contributed by atoms with E-state index in [0.717, 1.165) is 0 Å². The summed E-state index contributed by atoms with van der Waals surface area (Å²) < 4.78 is 0. The molecule has 0 radical (unpaired) electrons. The number of hydrogen-bond acceptors (Lipinski definition) is 4. The maximum Gasteiger partial charge on any atom is 0.272 e. The Bertz CT molecular complexity index is 548. The number of nitrogens with one attached hydrogen (secondary N) is 2. The Morgan fingerprint density at radius 1 is 1.39 bits per heavy atom. The van der Waals surface area contributed by atoms with Crippen LogP contribution >= 0.6 is 23.2 Å². The van der Waals surface area contributed by atoms with Gasteiger partial charge in [0.1, 0.15) is 5.82 Å². The summed E-state index contributed by atoms with van der Waals surface area (Å²) in [7, 11) is 0. The first kappa shape index (κ1) is 12.7. The van der Waals surface area contributed by atoms with Crippen LogP contribution in [0, 0.1) is 10.1 Å². The van der Waals surface area contributed by atoms with E-state index in [0.29, 0.717) is 18.1 Å². The van der Waals surface area contributed by atoms with Gasteiger partial charge in [0.25, 0.3) is 5.69 Å². The first-order chi connectivity index (χ1) is 8.58. The van der Waals surface area contributed by atoms with Crippen LogP contribution in [0.3, 0.4) is 0 Å². The average molecular weight is 287 g/mol. The van der Waals surface area contributed by atoms with Crippen molar-refractivity contribution in [1.29, 1.82) is 0 Å². The normalized spacial score (nSPS) is 10.3. The van der Waals surface area contributed by atoms with Gasteiger partial charge in [0.15, 0.2) is 0 Å². The molecule has 2 N–H and O–H groups in total. The molecule has 0 spiro atoms. The number of aromatic nitrogens is 2. The van der Waals surface area contributed by atoms with E-state index in [1.165, 1.54) is 12.1 Å². The lowest BCUT2D eigenvalue weighted by Gasteiger charge is -2.08. The largest absolute Gasteiger partial charge is 0.375 e. The van der Waals surface area contributed by atoms with Gasteiger partial charge in [0, 0.05) is 24.5 Å². The minimum atomic E-state index is -0.548. The predicted molar refractivity (Wildman–Crippen MR) is 69.0 cm³/mol. The molecule has 0 atom stereocenters. The molecule has 0 saturated carbocycles. The van der Waals surface area contributed by atoms with Gasteiger partial charge in [-0.1, -0.05) is 23.2 Å². The Morgan fingerprint density at radius 3 is 2.56 bits per heavy atom. The van der Waals surface area contributed by atoms with Crippen molar-refractivity contribution in [2.75, 3.05) is 5.32 Å². The van der Waals surface area contributed by atoms with Gasteiger partial charge in [0.2, 0.25) is 0 Å². The summed E-state index contributed by atoms with van der Waals surface area (Å²) in [6, 6.07) is 2.50. The van der Waals surface area contributed by atoms with E-state index in [1.807, 2.05) is 0 Å². The zero-order valence-electron chi connectivity index (χ0n) is 8.98. The third-order valence-corrected chi connectivity index (χ3v) is 2.82. The van der Waals surface area contributed by atoms with Crippen molar-refractivity contribution in [3.8, 4) is 0 Å². The summed E-state index contributed by atoms with van der Waals surface area (Å²) in [4.78, 5) is 17.0. The Labute approximate surface area is 112 Å². The van der Waals surface area contributed by atoms with Gasteiger partial charge in [-0.05, 0) is 0 Å². The van der Waals surface area contributed by atoms with E-state index < -0.39 is 4.92 Å². The van der Waals surface area contributed by atoms with Crippen molar-refractivity contribution in [1.82, 2.24) is 9.97 Å². The van der Waals surface area contributed by atoms with E-state index >= 15 is 0 Å². The summed E-state index contributed by atoms with van der Waals surface area (Å²) in [6.07, 6.45) is 3.31. The Morgan fingerprint density at radius 2 is 2.06 bits per heavy atom. The Hall–Kier alpha value is -1.79. The number of rotatable bonds is 4. The number of imidazole rings is 1. The number of nitro groups is 1. The van der Waals surface area contributed by atoms with Gasteiger partial charge in [-0.2, -0.15) is 0 Å². The summed E-state index contributed by atoms with van der Waals surface area (Å²) in [5, 5.41) is 14.0. The second-order valence-electron chi connectivity index (χ2n) is 3.43. The number of anilines is 1. The lowest BCUT2D eigenvalue weighted by Crippen LogP contribution is -2.02. The van der Waals surface area contributed by atoms with Crippen LogP contribution in [0.1, 0.15) is 5.82 Å². The highest BCUT2D eigenvalue weighted by Gasteiger charge is 2.14. The number of nitrogens with zero attached hydrogens (tertiary/aromatic N) is 2. The van der Waals surface area contributed by atoms with E-state index in [9.17, 15) is 10.1 Å². The molecule has 1 heterocycles. The number of aromatic amines is 1. The first-order valence-corrected chi connectivity index (χ1v) is 5.69. The highest BCUT2D eigenvalue weighted by molar-refractivity contribution is 6.39. The minimum absolute atomic E-state index is 0.145. The van der Waals surface area contributed by atoms with E-state index in [-0.39, 0.29) is 15.7 Å². The van der Waals surface area contributed by atoms with Crippen LogP contribution < -0.4 is 5.32 Å². The van der Waals surface area contributed by atoms with Gasteiger partial charge >= 0.3 is 0 Å². The van der Waals surface area contributed by atoms with Crippen LogP contribution in [-0.4, -0.2) is 14.9 Å². The van der Waals surface area contributed by atoms with Crippen LogP contribution in [0.5, 0.6) is 0 Å². The fourth-order valence-corrected chi connectivity index (χ4v) is 2.01. The van der Waals surface area contributed by atoms with Crippen LogP contribution in [0.15, 0.2) is 24.5 Å². The molecule has 0 aliphatic carbocycles. The zero-order chi connectivity index (χ0) is 13.1. The number of H-pyrrole nitrogens is 1. The number of non-ortho nitro benzene ring substituents is 1. The summed E-state index contributed by atoms with van der Waals surface area (Å²) >= 11 is 11.9. The van der Waals surface area contributed by atoms with E-state index in [4.69, 9.17) is 23.2 Å². The fraction of sp³-hybridized carbons (Fsp3) is 0.100. The molecule has 1 aromatic heterocycles. The second-order valence-corrected chi connectivity index (χ2v) is 4.25. The maximum atomic E-state index is 10.6. The van der Waals surface area contributed by atoms with Crippen molar-refractivity contribution in [3.63, 3.8) is 0 Å². The summed E-state index contributed by atoms with van der Waals surface area (Å²) in [5.41, 5.74) is 0.300. The molecule has 0 saturated heterocycles. The average Bonchev–Trinajstić information content (AvgIpc) is 2.80. The molecule has 8 heteroatoms. The lowest BCUT2D eigenvalue weighted by molar-refractivity contribution is -0.384. The number of benzene rings is 1. The van der Waals surface area contributed by atoms with E-state index in [1.54, 1.807) is 12.4 Å². The Balaban J connectivity index is 2.20. The van der Waals surface area contributed by atoms with Crippen molar-refractivity contribution in [2.45, 2.75) is 6.54 Å². The molecule has 0 aliphatic rings. The molecule has 0 fully saturated rings. The number of hydrogen-bond donors (Lipinski definition) is 2. The Kier molecular flexibility index (Phi) is 3.69. The van der Waals surface area contributed by atoms with Gasteiger partial charge in [-0.15, -0.1) is 0 Å². The molecule has 0 amide bonds. The zero-order valence-corrected chi connectivity index (χ0v) is 10.5. The van der Waals surface area contributed by atoms with Crippen molar-refractivity contribution in [3.05, 3.63) is 50.5 Å². The van der Waals surface area contributed by atoms with Gasteiger partial charge in [0.05, 0.1) is 27.2 Å². The first-order valence-electron chi connectivity index (χ1n) is 4.93. The van der Waals surface area contributed by atoms with Gasteiger partial charge < -0.3 is 10.3 Å². The quantitative estimate of drug-likeness (QED) is 0.668. The molecule has 0 aliphatic heterocycles.